The van der Waals surface area contributed by atoms with E-state index in [1.54, 1.807) is 18.2 Å². The minimum Gasteiger partial charge on any atom is -0.383 e. The van der Waals surface area contributed by atoms with E-state index in [4.69, 9.17) is 34.7 Å². The van der Waals surface area contributed by atoms with Crippen LogP contribution in [-0.4, -0.2) is 18.5 Å². The molecule has 1 unspecified atom stereocenters. The summed E-state index contributed by atoms with van der Waals surface area (Å²) in [4.78, 5) is 10.7. The molecule has 0 aromatic heterocycles. The first-order valence-electron chi connectivity index (χ1n) is 4.24. The smallest absolute Gasteiger partial charge is 0.236 e. The Labute approximate surface area is 97.5 Å². The highest BCUT2D eigenvalue weighted by atomic mass is 35.5. The predicted octanol–water partition coefficient (Wildman–Crippen LogP) is 1.22. The molecule has 0 spiro atoms. The van der Waals surface area contributed by atoms with E-state index in [0.717, 1.165) is 5.69 Å². The summed E-state index contributed by atoms with van der Waals surface area (Å²) in [5.74, 6) is -0.553. The van der Waals surface area contributed by atoms with Gasteiger partial charge in [0, 0.05) is 12.2 Å². The van der Waals surface area contributed by atoms with Crippen molar-refractivity contribution < 1.29 is 4.79 Å². The molecule has 0 radical (unpaired) electrons. The maximum absolute atomic E-state index is 10.7. The number of nitrogens with one attached hydrogen (secondary N) is 1. The van der Waals surface area contributed by atoms with Crippen molar-refractivity contribution in [2.75, 3.05) is 11.9 Å². The van der Waals surface area contributed by atoms with Gasteiger partial charge in [0.15, 0.2) is 0 Å². The van der Waals surface area contributed by atoms with Crippen molar-refractivity contribution in [1.82, 2.24) is 0 Å². The molecule has 5 N–H and O–H groups in total. The highest BCUT2D eigenvalue weighted by Gasteiger charge is 2.08. The van der Waals surface area contributed by atoms with E-state index >= 15 is 0 Å². The Kier molecular flexibility index (Phi) is 4.20. The molecule has 0 aliphatic rings. The standard InChI is InChI=1S/C9H11Cl2N3O/c10-6-2-1-5(3-7(6)11)14-4-8(12)9(13)15/h1-3,8,14H,4,12H2,(H2,13,15). The van der Waals surface area contributed by atoms with Gasteiger partial charge in [-0.1, -0.05) is 23.2 Å². The zero-order valence-electron chi connectivity index (χ0n) is 7.84. The van der Waals surface area contributed by atoms with Crippen LogP contribution in [0.1, 0.15) is 0 Å². The van der Waals surface area contributed by atoms with E-state index in [-0.39, 0.29) is 6.54 Å². The molecule has 1 aromatic carbocycles. The van der Waals surface area contributed by atoms with Crippen LogP contribution in [0.3, 0.4) is 0 Å². The Balaban J connectivity index is 2.58. The Morgan fingerprint density at radius 1 is 1.40 bits per heavy atom. The number of rotatable bonds is 4. The van der Waals surface area contributed by atoms with Gasteiger partial charge in [-0.15, -0.1) is 0 Å². The molecule has 0 bridgehead atoms. The molecule has 6 heteroatoms. The predicted molar refractivity (Wildman–Crippen MR) is 62.1 cm³/mol. The minimum atomic E-state index is -0.723. The van der Waals surface area contributed by atoms with Gasteiger partial charge in [-0.2, -0.15) is 0 Å². The van der Waals surface area contributed by atoms with Crippen LogP contribution < -0.4 is 16.8 Å². The first-order chi connectivity index (χ1) is 7.00. The third kappa shape index (κ3) is 3.58. The van der Waals surface area contributed by atoms with Crippen LogP contribution >= 0.6 is 23.2 Å². The molecular weight excluding hydrogens is 237 g/mol. The van der Waals surface area contributed by atoms with Crippen LogP contribution in [0.25, 0.3) is 0 Å². The van der Waals surface area contributed by atoms with E-state index in [2.05, 4.69) is 5.32 Å². The van der Waals surface area contributed by atoms with Crippen LogP contribution in [0.2, 0.25) is 10.0 Å². The molecule has 0 saturated heterocycles. The lowest BCUT2D eigenvalue weighted by Gasteiger charge is -2.10. The Bertz CT molecular complexity index is 370. The number of carbonyl (C=O) groups is 1. The van der Waals surface area contributed by atoms with Crippen molar-refractivity contribution in [3.8, 4) is 0 Å². The van der Waals surface area contributed by atoms with Crippen LogP contribution in [0.5, 0.6) is 0 Å². The van der Waals surface area contributed by atoms with Gasteiger partial charge in [0.25, 0.3) is 0 Å². The number of hydrogen-bond acceptors (Lipinski definition) is 3. The first-order valence-corrected chi connectivity index (χ1v) is 5.00. The van der Waals surface area contributed by atoms with E-state index in [9.17, 15) is 4.79 Å². The van der Waals surface area contributed by atoms with E-state index in [1.807, 2.05) is 0 Å². The Morgan fingerprint density at radius 3 is 2.60 bits per heavy atom. The summed E-state index contributed by atoms with van der Waals surface area (Å²) < 4.78 is 0. The topological polar surface area (TPSA) is 81.1 Å². The summed E-state index contributed by atoms with van der Waals surface area (Å²) in [5.41, 5.74) is 11.2. The number of primary amides is 1. The van der Waals surface area contributed by atoms with Gasteiger partial charge in [-0.25, -0.2) is 0 Å². The van der Waals surface area contributed by atoms with Crippen LogP contribution in [0.15, 0.2) is 18.2 Å². The Morgan fingerprint density at radius 2 is 2.07 bits per heavy atom. The Hall–Kier alpha value is -0.970. The molecule has 0 aliphatic carbocycles. The van der Waals surface area contributed by atoms with Crippen LogP contribution in [0.4, 0.5) is 5.69 Å². The third-order valence-corrected chi connectivity index (χ3v) is 2.55. The second-order valence-corrected chi connectivity index (χ2v) is 3.83. The van der Waals surface area contributed by atoms with Crippen LogP contribution in [0, 0.1) is 0 Å². The molecule has 0 saturated carbocycles. The van der Waals surface area contributed by atoms with Crippen molar-refractivity contribution in [3.63, 3.8) is 0 Å². The zero-order chi connectivity index (χ0) is 11.4. The van der Waals surface area contributed by atoms with E-state index in [0.29, 0.717) is 10.0 Å². The molecule has 0 fully saturated rings. The number of carbonyl (C=O) groups excluding carboxylic acids is 1. The van der Waals surface area contributed by atoms with Gasteiger partial charge in [-0.05, 0) is 18.2 Å². The lowest BCUT2D eigenvalue weighted by atomic mass is 10.2. The van der Waals surface area contributed by atoms with Gasteiger partial charge in [0.1, 0.15) is 6.04 Å². The summed E-state index contributed by atoms with van der Waals surface area (Å²) in [6, 6.07) is 4.32. The fraction of sp³-hybridized carbons (Fsp3) is 0.222. The van der Waals surface area contributed by atoms with Crippen molar-refractivity contribution in [2.24, 2.45) is 11.5 Å². The molecule has 0 aliphatic heterocycles. The maximum Gasteiger partial charge on any atom is 0.236 e. The van der Waals surface area contributed by atoms with Gasteiger partial charge in [-0.3, -0.25) is 4.79 Å². The van der Waals surface area contributed by atoms with E-state index < -0.39 is 11.9 Å². The lowest BCUT2D eigenvalue weighted by molar-refractivity contribution is -0.118. The summed E-state index contributed by atoms with van der Waals surface area (Å²) >= 11 is 11.5. The zero-order valence-corrected chi connectivity index (χ0v) is 9.35. The quantitative estimate of drug-likeness (QED) is 0.749. The monoisotopic (exact) mass is 247 g/mol. The molecule has 4 nitrogen and oxygen atoms in total. The minimum absolute atomic E-state index is 0.257. The first kappa shape index (κ1) is 12.1. The lowest BCUT2D eigenvalue weighted by Crippen LogP contribution is -2.41. The number of anilines is 1. The molecule has 1 amide bonds. The number of benzene rings is 1. The highest BCUT2D eigenvalue weighted by Crippen LogP contribution is 2.24. The number of hydrogen-bond donors (Lipinski definition) is 3. The number of halogens is 2. The van der Waals surface area contributed by atoms with Crippen molar-refractivity contribution in [2.45, 2.75) is 6.04 Å². The second-order valence-electron chi connectivity index (χ2n) is 3.02. The van der Waals surface area contributed by atoms with Crippen molar-refractivity contribution in [1.29, 1.82) is 0 Å². The second kappa shape index (κ2) is 5.21. The molecule has 1 rings (SSSR count). The third-order valence-electron chi connectivity index (χ3n) is 1.81. The molecule has 1 atom stereocenters. The fourth-order valence-electron chi connectivity index (χ4n) is 0.934. The van der Waals surface area contributed by atoms with E-state index in [1.165, 1.54) is 0 Å². The normalized spacial score (nSPS) is 12.2. The maximum atomic E-state index is 10.7. The average molecular weight is 248 g/mol. The average Bonchev–Trinajstić information content (AvgIpc) is 2.19. The molecular formula is C9H11Cl2N3O. The fourth-order valence-corrected chi connectivity index (χ4v) is 1.23. The summed E-state index contributed by atoms with van der Waals surface area (Å²) in [5, 5.41) is 3.84. The molecule has 15 heavy (non-hydrogen) atoms. The SMILES string of the molecule is NC(=O)C(N)CNc1ccc(Cl)c(Cl)c1. The van der Waals surface area contributed by atoms with Gasteiger partial charge < -0.3 is 16.8 Å². The van der Waals surface area contributed by atoms with Gasteiger partial charge in [0.05, 0.1) is 10.0 Å². The van der Waals surface area contributed by atoms with Crippen molar-refractivity contribution in [3.05, 3.63) is 28.2 Å². The largest absolute Gasteiger partial charge is 0.383 e. The molecule has 82 valence electrons. The van der Waals surface area contributed by atoms with Gasteiger partial charge >= 0.3 is 0 Å². The number of amides is 1. The summed E-state index contributed by atoms with van der Waals surface area (Å²) in [7, 11) is 0. The summed E-state index contributed by atoms with van der Waals surface area (Å²) in [6.45, 7) is 0.257. The van der Waals surface area contributed by atoms with Crippen molar-refractivity contribution >= 4 is 34.8 Å². The summed E-state index contributed by atoms with van der Waals surface area (Å²) in [6.07, 6.45) is 0. The highest BCUT2D eigenvalue weighted by molar-refractivity contribution is 6.42. The van der Waals surface area contributed by atoms with Gasteiger partial charge in [0.2, 0.25) is 5.91 Å². The number of nitrogens with two attached hydrogens (primary N) is 2. The van der Waals surface area contributed by atoms with Crippen LogP contribution in [-0.2, 0) is 4.79 Å². The molecule has 1 aromatic rings. The molecule has 0 heterocycles.